The Labute approximate surface area is 203 Å². The molecule has 34 heavy (non-hydrogen) atoms. The summed E-state index contributed by atoms with van der Waals surface area (Å²) in [6, 6.07) is 26.8. The molecule has 7 heteroatoms. The van der Waals surface area contributed by atoms with Gasteiger partial charge in [-0.15, -0.1) is 0 Å². The molecule has 0 radical (unpaired) electrons. The summed E-state index contributed by atoms with van der Waals surface area (Å²) in [7, 11) is 1.37. The first-order chi connectivity index (χ1) is 16.6. The molecule has 2 atom stereocenters. The molecule has 0 saturated carbocycles. The molecule has 2 aromatic carbocycles. The van der Waals surface area contributed by atoms with Crippen molar-refractivity contribution in [3.8, 4) is 11.3 Å². The van der Waals surface area contributed by atoms with Gasteiger partial charge in [-0.1, -0.05) is 48.5 Å². The molecule has 1 aliphatic rings. The van der Waals surface area contributed by atoms with E-state index in [1.54, 1.807) is 18.3 Å². The van der Waals surface area contributed by atoms with Gasteiger partial charge in [0.2, 0.25) is 0 Å². The minimum atomic E-state index is -0.386. The maximum Gasteiger partial charge on any atom is 0.337 e. The molecule has 5 rings (SSSR count). The van der Waals surface area contributed by atoms with Gasteiger partial charge in [0.05, 0.1) is 24.4 Å². The predicted octanol–water partition coefficient (Wildman–Crippen LogP) is 5.30. The van der Waals surface area contributed by atoms with E-state index in [1.807, 2.05) is 60.7 Å². The first-order valence-corrected chi connectivity index (χ1v) is 11.4. The summed E-state index contributed by atoms with van der Waals surface area (Å²) in [6.07, 6.45) is 1.78. The number of thiocarbonyl (C=S) groups is 1. The van der Waals surface area contributed by atoms with E-state index < -0.39 is 0 Å². The molecule has 4 aromatic rings. The molecule has 0 aliphatic carbocycles. The zero-order valence-corrected chi connectivity index (χ0v) is 19.4. The molecule has 6 nitrogen and oxygen atoms in total. The summed E-state index contributed by atoms with van der Waals surface area (Å²) >= 11 is 5.75. The fourth-order valence-corrected chi connectivity index (χ4v) is 4.55. The Hall–Kier alpha value is -3.97. The normalized spacial score (nSPS) is 17.4. The fraction of sp³-hybridized carbons (Fsp3) is 0.148. The van der Waals surface area contributed by atoms with E-state index in [1.165, 1.54) is 7.11 Å². The van der Waals surface area contributed by atoms with Crippen LogP contribution in [0.25, 0.3) is 11.3 Å². The van der Waals surface area contributed by atoms with Gasteiger partial charge < -0.3 is 19.4 Å². The monoisotopic (exact) mass is 469 g/mol. The number of pyridine rings is 1. The molecule has 0 bridgehead atoms. The Morgan fingerprint density at radius 3 is 2.65 bits per heavy atom. The number of furan rings is 1. The topological polar surface area (TPSA) is 67.6 Å². The van der Waals surface area contributed by atoms with E-state index in [9.17, 15) is 4.79 Å². The van der Waals surface area contributed by atoms with E-state index in [-0.39, 0.29) is 18.1 Å². The lowest BCUT2D eigenvalue weighted by atomic mass is 10.0. The lowest BCUT2D eigenvalue weighted by molar-refractivity contribution is 0.0601. The highest BCUT2D eigenvalue weighted by Gasteiger charge is 2.41. The number of rotatable bonds is 6. The largest absolute Gasteiger partial charge is 0.465 e. The second kappa shape index (κ2) is 9.49. The van der Waals surface area contributed by atoms with Crippen molar-refractivity contribution in [3.05, 3.63) is 114 Å². The number of ether oxygens (including phenoxy) is 1. The highest BCUT2D eigenvalue weighted by atomic mass is 32.1. The minimum Gasteiger partial charge on any atom is -0.465 e. The molecule has 2 unspecified atom stereocenters. The van der Waals surface area contributed by atoms with Crippen LogP contribution in [0.2, 0.25) is 0 Å². The summed E-state index contributed by atoms with van der Waals surface area (Å²) in [5, 5.41) is 4.09. The Morgan fingerprint density at radius 2 is 1.88 bits per heavy atom. The van der Waals surface area contributed by atoms with Crippen molar-refractivity contribution in [3.63, 3.8) is 0 Å². The van der Waals surface area contributed by atoms with Crippen LogP contribution in [0, 0.1) is 0 Å². The van der Waals surface area contributed by atoms with Gasteiger partial charge in [-0.2, -0.15) is 0 Å². The minimum absolute atomic E-state index is 0.169. The summed E-state index contributed by atoms with van der Waals surface area (Å²) in [4.78, 5) is 18.7. The maximum atomic E-state index is 12.0. The lowest BCUT2D eigenvalue weighted by Crippen LogP contribution is -2.29. The number of methoxy groups -OCH3 is 1. The van der Waals surface area contributed by atoms with E-state index in [2.05, 4.69) is 27.3 Å². The van der Waals surface area contributed by atoms with Gasteiger partial charge in [0.1, 0.15) is 17.6 Å². The van der Waals surface area contributed by atoms with Crippen molar-refractivity contribution < 1.29 is 13.9 Å². The quantitative estimate of drug-likeness (QED) is 0.304. The number of nitrogens with zero attached hydrogens (tertiary/aromatic N) is 2. The van der Waals surface area contributed by atoms with Gasteiger partial charge in [0, 0.05) is 18.3 Å². The van der Waals surface area contributed by atoms with Crippen molar-refractivity contribution in [1.82, 2.24) is 15.2 Å². The molecular weight excluding hydrogens is 446 g/mol. The number of aromatic nitrogens is 1. The van der Waals surface area contributed by atoms with Gasteiger partial charge in [0.25, 0.3) is 0 Å². The third-order valence-electron chi connectivity index (χ3n) is 5.88. The second-order valence-corrected chi connectivity index (χ2v) is 8.40. The summed E-state index contributed by atoms with van der Waals surface area (Å²) in [5.74, 6) is 1.04. The predicted molar refractivity (Wildman–Crippen MR) is 133 cm³/mol. The van der Waals surface area contributed by atoms with E-state index >= 15 is 0 Å². The average Bonchev–Trinajstić information content (AvgIpc) is 3.50. The van der Waals surface area contributed by atoms with Crippen LogP contribution in [0.5, 0.6) is 0 Å². The van der Waals surface area contributed by atoms with Crippen LogP contribution in [0.3, 0.4) is 0 Å². The zero-order valence-electron chi connectivity index (χ0n) is 18.5. The maximum absolute atomic E-state index is 12.0. The Kier molecular flexibility index (Phi) is 6.10. The fourth-order valence-electron chi connectivity index (χ4n) is 4.25. The number of hydrogen-bond acceptors (Lipinski definition) is 5. The van der Waals surface area contributed by atoms with Crippen LogP contribution in [-0.4, -0.2) is 28.1 Å². The van der Waals surface area contributed by atoms with Crippen LogP contribution < -0.4 is 5.32 Å². The Bertz CT molecular complexity index is 1310. The van der Waals surface area contributed by atoms with Crippen LogP contribution in [-0.2, 0) is 11.3 Å². The number of hydrogen-bond donors (Lipinski definition) is 1. The van der Waals surface area contributed by atoms with Gasteiger partial charge in [-0.25, -0.2) is 4.79 Å². The number of esters is 1. The van der Waals surface area contributed by atoms with Crippen molar-refractivity contribution >= 4 is 23.3 Å². The number of carbonyl (C=O) groups is 1. The molecule has 0 spiro atoms. The molecule has 1 fully saturated rings. The zero-order chi connectivity index (χ0) is 23.5. The standard InChI is InChI=1S/C27H23N3O3S/c1-32-26(31)20-11-7-10-19(16-20)22-13-14-23(33-22)25-24(21-12-5-6-15-28-21)29-27(34)30(25)17-18-8-3-2-4-9-18/h2-16,24-25H,17H2,1H3,(H,29,34). The third kappa shape index (κ3) is 4.30. The molecule has 1 aliphatic heterocycles. The van der Waals surface area contributed by atoms with Crippen LogP contribution in [0.4, 0.5) is 0 Å². The van der Waals surface area contributed by atoms with Crippen molar-refractivity contribution in [2.24, 2.45) is 0 Å². The second-order valence-electron chi connectivity index (χ2n) is 8.01. The Morgan fingerprint density at radius 1 is 1.06 bits per heavy atom. The molecule has 3 heterocycles. The smallest absolute Gasteiger partial charge is 0.337 e. The Balaban J connectivity index is 1.52. The molecule has 1 N–H and O–H groups in total. The lowest BCUT2D eigenvalue weighted by Gasteiger charge is -2.26. The average molecular weight is 470 g/mol. The van der Waals surface area contributed by atoms with E-state index in [4.69, 9.17) is 21.4 Å². The van der Waals surface area contributed by atoms with Crippen molar-refractivity contribution in [2.75, 3.05) is 7.11 Å². The van der Waals surface area contributed by atoms with Gasteiger partial charge >= 0.3 is 5.97 Å². The molecule has 2 aromatic heterocycles. The van der Waals surface area contributed by atoms with Crippen LogP contribution >= 0.6 is 12.2 Å². The van der Waals surface area contributed by atoms with Gasteiger partial charge in [-0.05, 0) is 54.2 Å². The van der Waals surface area contributed by atoms with Gasteiger partial charge in [-0.3, -0.25) is 4.98 Å². The molecule has 1 saturated heterocycles. The molecular formula is C27H23N3O3S. The van der Waals surface area contributed by atoms with Crippen LogP contribution in [0.1, 0.15) is 39.5 Å². The first-order valence-electron chi connectivity index (χ1n) is 10.9. The van der Waals surface area contributed by atoms with Gasteiger partial charge in [0.15, 0.2) is 5.11 Å². The van der Waals surface area contributed by atoms with E-state index in [0.29, 0.717) is 23.0 Å². The number of carbonyl (C=O) groups excluding carboxylic acids is 1. The summed E-state index contributed by atoms with van der Waals surface area (Å²) < 4.78 is 11.2. The van der Waals surface area contributed by atoms with Crippen molar-refractivity contribution in [1.29, 1.82) is 0 Å². The SMILES string of the molecule is COC(=O)c1cccc(-c2ccc(C3C(c4ccccn4)NC(=S)N3Cc3ccccc3)o2)c1. The number of nitrogens with one attached hydrogen (secondary N) is 1. The highest BCUT2D eigenvalue weighted by Crippen LogP contribution is 2.41. The number of benzene rings is 2. The van der Waals surface area contributed by atoms with E-state index in [0.717, 1.165) is 22.6 Å². The first kappa shape index (κ1) is 21.9. The molecule has 170 valence electrons. The molecule has 0 amide bonds. The summed E-state index contributed by atoms with van der Waals surface area (Å²) in [5.41, 5.74) is 3.30. The summed E-state index contributed by atoms with van der Waals surface area (Å²) in [6.45, 7) is 0.633. The van der Waals surface area contributed by atoms with Crippen molar-refractivity contribution in [2.45, 2.75) is 18.6 Å². The highest BCUT2D eigenvalue weighted by molar-refractivity contribution is 7.80. The third-order valence-corrected chi connectivity index (χ3v) is 6.23. The van der Waals surface area contributed by atoms with Crippen LogP contribution in [0.15, 0.2) is 95.5 Å².